The van der Waals surface area contributed by atoms with Gasteiger partial charge in [0.1, 0.15) is 4.38 Å². The maximum absolute atomic E-state index is 8.35. The summed E-state index contributed by atoms with van der Waals surface area (Å²) in [5.41, 5.74) is -0.0133. The first kappa shape index (κ1) is 10.9. The van der Waals surface area contributed by atoms with Gasteiger partial charge < -0.3 is 5.21 Å². The van der Waals surface area contributed by atoms with E-state index in [-0.39, 0.29) is 10.8 Å². The fourth-order valence-corrected chi connectivity index (χ4v) is 3.59. The molecule has 1 aliphatic heterocycles. The van der Waals surface area contributed by atoms with Crippen molar-refractivity contribution < 1.29 is 5.21 Å². The third kappa shape index (κ3) is 4.04. The average molecular weight is 218 g/mol. The van der Waals surface area contributed by atoms with Crippen molar-refractivity contribution in [1.29, 1.82) is 0 Å². The van der Waals surface area contributed by atoms with Crippen LogP contribution in [-0.4, -0.2) is 32.3 Å². The Kier molecular flexibility index (Phi) is 3.67. The van der Waals surface area contributed by atoms with E-state index in [4.69, 9.17) is 5.21 Å². The van der Waals surface area contributed by atoms with E-state index in [9.17, 15) is 0 Å². The SMILES string of the molecule is CC(C)(C)N=C1SCC(C=NO)S1. The molecule has 1 saturated heterocycles. The van der Waals surface area contributed by atoms with E-state index in [1.54, 1.807) is 29.7 Å². The minimum atomic E-state index is -0.0133. The van der Waals surface area contributed by atoms with E-state index < -0.39 is 0 Å². The summed E-state index contributed by atoms with van der Waals surface area (Å²) < 4.78 is 1.09. The zero-order valence-corrected chi connectivity index (χ0v) is 9.65. The second kappa shape index (κ2) is 4.37. The lowest BCUT2D eigenvalue weighted by Crippen LogP contribution is -2.10. The molecule has 0 aromatic carbocycles. The van der Waals surface area contributed by atoms with E-state index in [2.05, 4.69) is 30.9 Å². The van der Waals surface area contributed by atoms with Crippen molar-refractivity contribution in [3.63, 3.8) is 0 Å². The third-order valence-corrected chi connectivity index (χ3v) is 3.88. The lowest BCUT2D eigenvalue weighted by atomic mass is 10.1. The predicted octanol–water partition coefficient (Wildman–Crippen LogP) is 2.45. The molecule has 1 rings (SSSR count). The van der Waals surface area contributed by atoms with E-state index in [0.29, 0.717) is 0 Å². The highest BCUT2D eigenvalue weighted by Gasteiger charge is 2.22. The zero-order chi connectivity index (χ0) is 9.90. The second-order valence-corrected chi connectivity index (χ2v) is 6.28. The molecule has 5 heteroatoms. The highest BCUT2D eigenvalue weighted by Crippen LogP contribution is 2.33. The van der Waals surface area contributed by atoms with E-state index in [0.717, 1.165) is 10.1 Å². The van der Waals surface area contributed by atoms with Gasteiger partial charge in [-0.1, -0.05) is 23.5 Å². The smallest absolute Gasteiger partial charge is 0.125 e. The van der Waals surface area contributed by atoms with Gasteiger partial charge in [0.05, 0.1) is 17.0 Å². The maximum atomic E-state index is 8.35. The van der Waals surface area contributed by atoms with Crippen LogP contribution in [0.4, 0.5) is 0 Å². The van der Waals surface area contributed by atoms with Gasteiger partial charge in [-0.05, 0) is 20.8 Å². The number of hydrogen-bond acceptors (Lipinski definition) is 5. The molecule has 0 amide bonds. The number of rotatable bonds is 1. The summed E-state index contributed by atoms with van der Waals surface area (Å²) in [6.45, 7) is 6.23. The van der Waals surface area contributed by atoms with Crippen LogP contribution in [0, 0.1) is 0 Å². The Morgan fingerprint density at radius 1 is 1.54 bits per heavy atom. The molecular weight excluding hydrogens is 204 g/mol. The topological polar surface area (TPSA) is 45.0 Å². The summed E-state index contributed by atoms with van der Waals surface area (Å²) in [6, 6.07) is 0. The van der Waals surface area contributed by atoms with Gasteiger partial charge in [0.15, 0.2) is 0 Å². The highest BCUT2D eigenvalue weighted by atomic mass is 32.2. The van der Waals surface area contributed by atoms with Gasteiger partial charge in [0.2, 0.25) is 0 Å². The van der Waals surface area contributed by atoms with Gasteiger partial charge >= 0.3 is 0 Å². The average Bonchev–Trinajstić information content (AvgIpc) is 2.33. The molecule has 0 radical (unpaired) electrons. The maximum Gasteiger partial charge on any atom is 0.125 e. The van der Waals surface area contributed by atoms with Gasteiger partial charge in [-0.15, -0.1) is 5.16 Å². The van der Waals surface area contributed by atoms with Crippen LogP contribution in [-0.2, 0) is 0 Å². The van der Waals surface area contributed by atoms with Crippen LogP contribution < -0.4 is 0 Å². The first-order valence-electron chi connectivity index (χ1n) is 4.08. The lowest BCUT2D eigenvalue weighted by molar-refractivity contribution is 0.321. The predicted molar refractivity (Wildman–Crippen MR) is 61.3 cm³/mol. The molecule has 1 N–H and O–H groups in total. The Hall–Kier alpha value is -0.160. The summed E-state index contributed by atoms with van der Waals surface area (Å²) in [4.78, 5) is 4.54. The van der Waals surface area contributed by atoms with Crippen molar-refractivity contribution in [2.24, 2.45) is 10.1 Å². The largest absolute Gasteiger partial charge is 0.411 e. The Balaban J connectivity index is 2.54. The number of thioether (sulfide) groups is 2. The van der Waals surface area contributed by atoms with Crippen LogP contribution in [0.1, 0.15) is 20.8 Å². The van der Waals surface area contributed by atoms with Gasteiger partial charge in [0, 0.05) is 5.75 Å². The van der Waals surface area contributed by atoms with Crippen molar-refractivity contribution in [3.05, 3.63) is 0 Å². The van der Waals surface area contributed by atoms with Crippen molar-refractivity contribution in [1.82, 2.24) is 0 Å². The molecule has 0 spiro atoms. The monoisotopic (exact) mass is 218 g/mol. The molecule has 1 atom stereocenters. The molecule has 1 heterocycles. The molecular formula is C8H14N2OS2. The second-order valence-electron chi connectivity index (χ2n) is 3.78. The van der Waals surface area contributed by atoms with Crippen LogP contribution in [0.5, 0.6) is 0 Å². The summed E-state index contributed by atoms with van der Waals surface area (Å²) >= 11 is 3.39. The Labute approximate surface area is 87.1 Å². The number of aliphatic imine (C=N–C) groups is 1. The number of hydrogen-bond donors (Lipinski definition) is 1. The molecule has 1 unspecified atom stereocenters. The van der Waals surface area contributed by atoms with Crippen molar-refractivity contribution in [2.75, 3.05) is 5.75 Å². The van der Waals surface area contributed by atoms with Crippen LogP contribution in [0.15, 0.2) is 10.1 Å². The molecule has 0 aromatic rings. The molecule has 1 fully saturated rings. The van der Waals surface area contributed by atoms with Crippen molar-refractivity contribution >= 4 is 34.1 Å². The Bertz CT molecular complexity index is 233. The lowest BCUT2D eigenvalue weighted by Gasteiger charge is -2.12. The van der Waals surface area contributed by atoms with Gasteiger partial charge in [-0.3, -0.25) is 4.99 Å². The minimum Gasteiger partial charge on any atom is -0.411 e. The van der Waals surface area contributed by atoms with E-state index >= 15 is 0 Å². The van der Waals surface area contributed by atoms with Crippen molar-refractivity contribution in [3.8, 4) is 0 Å². The summed E-state index contributed by atoms with van der Waals surface area (Å²) in [6.07, 6.45) is 1.56. The zero-order valence-electron chi connectivity index (χ0n) is 8.02. The molecule has 0 aliphatic carbocycles. The van der Waals surface area contributed by atoms with E-state index in [1.165, 1.54) is 0 Å². The highest BCUT2D eigenvalue weighted by molar-refractivity contribution is 8.42. The summed E-state index contributed by atoms with van der Waals surface area (Å²) in [5.74, 6) is 0.948. The Morgan fingerprint density at radius 3 is 2.77 bits per heavy atom. The van der Waals surface area contributed by atoms with E-state index in [1.807, 2.05) is 0 Å². The van der Waals surface area contributed by atoms with Crippen LogP contribution in [0.2, 0.25) is 0 Å². The first-order valence-corrected chi connectivity index (χ1v) is 5.94. The number of nitrogens with zero attached hydrogens (tertiary/aromatic N) is 2. The van der Waals surface area contributed by atoms with Crippen LogP contribution in [0.25, 0.3) is 0 Å². The normalized spacial score (nSPS) is 27.6. The van der Waals surface area contributed by atoms with Gasteiger partial charge in [-0.2, -0.15) is 0 Å². The standard InChI is InChI=1S/C8H14N2OS2/c1-8(2,3)10-7-12-5-6(13-7)4-9-11/h4,6,11H,5H2,1-3H3. The van der Waals surface area contributed by atoms with Crippen LogP contribution in [0.3, 0.4) is 0 Å². The number of oxime groups is 1. The first-order chi connectivity index (χ1) is 6.01. The molecule has 74 valence electrons. The fraction of sp³-hybridized carbons (Fsp3) is 0.750. The molecule has 1 aliphatic rings. The third-order valence-electron chi connectivity index (χ3n) is 1.28. The summed E-state index contributed by atoms with van der Waals surface area (Å²) in [5, 5.41) is 11.7. The molecule has 3 nitrogen and oxygen atoms in total. The molecule has 0 aromatic heterocycles. The van der Waals surface area contributed by atoms with Crippen molar-refractivity contribution in [2.45, 2.75) is 31.6 Å². The summed E-state index contributed by atoms with van der Waals surface area (Å²) in [7, 11) is 0. The minimum absolute atomic E-state index is 0.0133. The quantitative estimate of drug-likeness (QED) is 0.418. The van der Waals surface area contributed by atoms with Gasteiger partial charge in [-0.25, -0.2) is 0 Å². The van der Waals surface area contributed by atoms with Crippen LogP contribution >= 0.6 is 23.5 Å². The van der Waals surface area contributed by atoms with Gasteiger partial charge in [0.25, 0.3) is 0 Å². The molecule has 13 heavy (non-hydrogen) atoms. The Morgan fingerprint density at radius 2 is 2.23 bits per heavy atom. The fourth-order valence-electron chi connectivity index (χ4n) is 0.831. The molecule has 0 saturated carbocycles. The molecule has 0 bridgehead atoms.